The van der Waals surface area contributed by atoms with Crippen molar-refractivity contribution in [1.29, 1.82) is 0 Å². The first-order chi connectivity index (χ1) is 10.1. The minimum atomic E-state index is -0.337. The largest absolute Gasteiger partial charge is 0.465 e. The Morgan fingerprint density at radius 3 is 2.86 bits per heavy atom. The quantitative estimate of drug-likeness (QED) is 0.797. The molecule has 0 N–H and O–H groups in total. The third-order valence-electron chi connectivity index (χ3n) is 4.70. The fraction of sp³-hybridized carbons (Fsp3) is 0.625. The van der Waals surface area contributed by atoms with Gasteiger partial charge in [0.1, 0.15) is 18.1 Å². The summed E-state index contributed by atoms with van der Waals surface area (Å²) >= 11 is 0. The highest BCUT2D eigenvalue weighted by Gasteiger charge is 2.55. The van der Waals surface area contributed by atoms with E-state index in [0.29, 0.717) is 24.6 Å². The lowest BCUT2D eigenvalue weighted by Gasteiger charge is -2.30. The number of amides is 1. The summed E-state index contributed by atoms with van der Waals surface area (Å²) < 4.78 is 11.0. The van der Waals surface area contributed by atoms with E-state index in [-0.39, 0.29) is 23.8 Å². The predicted molar refractivity (Wildman–Crippen MR) is 74.1 cm³/mol. The maximum absolute atomic E-state index is 12.6. The maximum atomic E-state index is 12.6. The van der Waals surface area contributed by atoms with E-state index < -0.39 is 0 Å². The molecule has 1 amide bonds. The SMILES string of the molecule is CCOC(=O)CN1CC2(CC2)c2oc(C3CC3)cc2C1=O. The average molecular weight is 289 g/mol. The monoisotopic (exact) mass is 289 g/mol. The number of hydrogen-bond acceptors (Lipinski definition) is 4. The number of carbonyl (C=O) groups excluding carboxylic acids is 2. The number of fused-ring (bicyclic) bond motifs is 2. The fourth-order valence-electron chi connectivity index (χ4n) is 3.24. The Bertz CT molecular complexity index is 610. The van der Waals surface area contributed by atoms with E-state index >= 15 is 0 Å². The van der Waals surface area contributed by atoms with Crippen LogP contribution in [0.25, 0.3) is 0 Å². The summed E-state index contributed by atoms with van der Waals surface area (Å²) in [5.41, 5.74) is 0.632. The fourth-order valence-corrected chi connectivity index (χ4v) is 3.24. The third-order valence-corrected chi connectivity index (χ3v) is 4.70. The van der Waals surface area contributed by atoms with Gasteiger partial charge in [0.05, 0.1) is 12.2 Å². The highest BCUT2D eigenvalue weighted by molar-refractivity contribution is 5.99. The van der Waals surface area contributed by atoms with Crippen molar-refractivity contribution in [2.24, 2.45) is 0 Å². The molecule has 112 valence electrons. The molecule has 2 saturated carbocycles. The molecule has 5 nitrogen and oxygen atoms in total. The van der Waals surface area contributed by atoms with Crippen molar-refractivity contribution in [1.82, 2.24) is 4.90 Å². The van der Waals surface area contributed by atoms with Crippen LogP contribution < -0.4 is 0 Å². The molecular formula is C16H19NO4. The molecule has 21 heavy (non-hydrogen) atoms. The van der Waals surface area contributed by atoms with Crippen molar-refractivity contribution in [2.45, 2.75) is 43.9 Å². The van der Waals surface area contributed by atoms with Gasteiger partial charge >= 0.3 is 5.97 Å². The van der Waals surface area contributed by atoms with Crippen LogP contribution in [-0.2, 0) is 14.9 Å². The van der Waals surface area contributed by atoms with Crippen LogP contribution in [0.1, 0.15) is 60.4 Å². The molecule has 1 aromatic rings. The highest BCUT2D eigenvalue weighted by Crippen LogP contribution is 2.54. The van der Waals surface area contributed by atoms with Gasteiger partial charge in [0, 0.05) is 17.9 Å². The molecule has 0 aromatic carbocycles. The van der Waals surface area contributed by atoms with Crippen LogP contribution in [0.2, 0.25) is 0 Å². The van der Waals surface area contributed by atoms with Crippen molar-refractivity contribution in [3.8, 4) is 0 Å². The molecule has 0 saturated heterocycles. The molecule has 2 aliphatic carbocycles. The Balaban J connectivity index is 1.62. The van der Waals surface area contributed by atoms with E-state index in [4.69, 9.17) is 9.15 Å². The van der Waals surface area contributed by atoms with Crippen LogP contribution in [0.4, 0.5) is 0 Å². The van der Waals surface area contributed by atoms with Crippen LogP contribution in [0.15, 0.2) is 10.5 Å². The van der Waals surface area contributed by atoms with E-state index in [1.54, 1.807) is 11.8 Å². The first kappa shape index (κ1) is 12.9. The number of hydrogen-bond donors (Lipinski definition) is 0. The molecule has 1 spiro atoms. The Morgan fingerprint density at radius 2 is 2.24 bits per heavy atom. The Labute approximate surface area is 123 Å². The zero-order valence-electron chi connectivity index (χ0n) is 12.2. The minimum Gasteiger partial charge on any atom is -0.465 e. The van der Waals surface area contributed by atoms with Gasteiger partial charge in [-0.2, -0.15) is 0 Å². The topological polar surface area (TPSA) is 59.8 Å². The Hall–Kier alpha value is -1.78. The van der Waals surface area contributed by atoms with Gasteiger partial charge in [-0.25, -0.2) is 0 Å². The second-order valence-electron chi connectivity index (χ2n) is 6.41. The number of rotatable bonds is 4. The van der Waals surface area contributed by atoms with E-state index in [1.807, 2.05) is 6.07 Å². The average Bonchev–Trinajstić information content (AvgIpc) is 3.37. The van der Waals surface area contributed by atoms with Crippen LogP contribution in [0.5, 0.6) is 0 Å². The molecule has 0 bridgehead atoms. The highest BCUT2D eigenvalue weighted by atomic mass is 16.5. The number of carbonyl (C=O) groups is 2. The molecule has 5 heteroatoms. The Morgan fingerprint density at radius 1 is 1.48 bits per heavy atom. The molecule has 1 aromatic heterocycles. The van der Waals surface area contributed by atoms with Crippen molar-refractivity contribution >= 4 is 11.9 Å². The molecular weight excluding hydrogens is 270 g/mol. The maximum Gasteiger partial charge on any atom is 0.325 e. The van der Waals surface area contributed by atoms with E-state index in [0.717, 1.165) is 37.2 Å². The molecule has 0 unspecified atom stereocenters. The normalized spacial score (nSPS) is 22.3. The van der Waals surface area contributed by atoms with Gasteiger partial charge in [0.25, 0.3) is 5.91 Å². The molecule has 2 heterocycles. The smallest absolute Gasteiger partial charge is 0.325 e. The second-order valence-corrected chi connectivity index (χ2v) is 6.41. The Kier molecular flexibility index (Phi) is 2.68. The van der Waals surface area contributed by atoms with Crippen LogP contribution in [0.3, 0.4) is 0 Å². The van der Waals surface area contributed by atoms with E-state index in [9.17, 15) is 9.59 Å². The summed E-state index contributed by atoms with van der Waals surface area (Å²) in [6.45, 7) is 2.73. The number of furan rings is 1. The van der Waals surface area contributed by atoms with Crippen LogP contribution >= 0.6 is 0 Å². The molecule has 3 aliphatic rings. The lowest BCUT2D eigenvalue weighted by atomic mass is 9.94. The molecule has 4 rings (SSSR count). The van der Waals surface area contributed by atoms with Crippen molar-refractivity contribution in [2.75, 3.05) is 19.7 Å². The second kappa shape index (κ2) is 4.36. The van der Waals surface area contributed by atoms with Gasteiger partial charge in [-0.05, 0) is 38.7 Å². The minimum absolute atomic E-state index is 0.0388. The lowest BCUT2D eigenvalue weighted by Crippen LogP contribution is -2.45. The number of ether oxygens (including phenoxy) is 1. The van der Waals surface area contributed by atoms with Crippen LogP contribution in [-0.4, -0.2) is 36.5 Å². The van der Waals surface area contributed by atoms with Gasteiger partial charge in [0.2, 0.25) is 0 Å². The van der Waals surface area contributed by atoms with Crippen LogP contribution in [0, 0.1) is 0 Å². The van der Waals surface area contributed by atoms with Gasteiger partial charge < -0.3 is 14.1 Å². The summed E-state index contributed by atoms with van der Waals surface area (Å²) in [6, 6.07) is 1.91. The van der Waals surface area contributed by atoms with Crippen molar-refractivity contribution < 1.29 is 18.7 Å². The van der Waals surface area contributed by atoms with E-state index in [2.05, 4.69) is 0 Å². The van der Waals surface area contributed by atoms with E-state index in [1.165, 1.54) is 0 Å². The molecule has 0 atom stereocenters. The summed E-state index contributed by atoms with van der Waals surface area (Å²) in [5.74, 6) is 1.90. The molecule has 2 fully saturated rings. The standard InChI is InChI=1S/C16H19NO4/c1-2-20-13(18)8-17-9-16(5-6-16)14-11(15(17)19)7-12(21-14)10-3-4-10/h7,10H,2-6,8-9H2,1H3. The predicted octanol–water partition coefficient (Wildman–Crippen LogP) is 2.21. The molecule has 0 radical (unpaired) electrons. The zero-order chi connectivity index (χ0) is 14.6. The summed E-state index contributed by atoms with van der Waals surface area (Å²) in [7, 11) is 0. The first-order valence-corrected chi connectivity index (χ1v) is 7.72. The third kappa shape index (κ3) is 2.06. The number of esters is 1. The first-order valence-electron chi connectivity index (χ1n) is 7.72. The van der Waals surface area contributed by atoms with Gasteiger partial charge in [-0.3, -0.25) is 9.59 Å². The molecule has 1 aliphatic heterocycles. The van der Waals surface area contributed by atoms with Gasteiger partial charge in [-0.1, -0.05) is 0 Å². The number of nitrogens with zero attached hydrogens (tertiary/aromatic N) is 1. The summed E-state index contributed by atoms with van der Waals surface area (Å²) in [4.78, 5) is 25.9. The lowest BCUT2D eigenvalue weighted by molar-refractivity contribution is -0.144. The summed E-state index contributed by atoms with van der Waals surface area (Å²) in [5, 5.41) is 0. The van der Waals surface area contributed by atoms with Gasteiger partial charge in [-0.15, -0.1) is 0 Å². The van der Waals surface area contributed by atoms with Crippen molar-refractivity contribution in [3.05, 3.63) is 23.2 Å². The summed E-state index contributed by atoms with van der Waals surface area (Å²) in [6.07, 6.45) is 4.37. The zero-order valence-corrected chi connectivity index (χ0v) is 12.2. The van der Waals surface area contributed by atoms with Crippen molar-refractivity contribution in [3.63, 3.8) is 0 Å². The van der Waals surface area contributed by atoms with Gasteiger partial charge in [0.15, 0.2) is 0 Å².